The highest BCUT2D eigenvalue weighted by Gasteiger charge is 2.45. The van der Waals surface area contributed by atoms with Crippen LogP contribution in [0.1, 0.15) is 12.8 Å². The number of carbonyl (C=O) groups excluding carboxylic acids is 1. The van der Waals surface area contributed by atoms with Gasteiger partial charge in [0.2, 0.25) is 5.91 Å². The molecule has 0 saturated heterocycles. The molecule has 4 nitrogen and oxygen atoms in total. The van der Waals surface area contributed by atoms with Crippen LogP contribution in [0.15, 0.2) is 18.2 Å². The standard InChI is InChI=1S/C11H13FN2O2/c1-16-9-5-7(12)4-8(6-9)14-10(15)11(13)2-3-11/h4-6H,2-3,13H2,1H3,(H,14,15). The minimum atomic E-state index is -0.764. The van der Waals surface area contributed by atoms with Crippen molar-refractivity contribution in [3.8, 4) is 5.75 Å². The van der Waals surface area contributed by atoms with Crippen molar-refractivity contribution in [1.29, 1.82) is 0 Å². The Morgan fingerprint density at radius 3 is 2.75 bits per heavy atom. The highest BCUT2D eigenvalue weighted by molar-refractivity contribution is 6.00. The predicted octanol–water partition coefficient (Wildman–Crippen LogP) is 1.26. The Bertz CT molecular complexity index is 430. The third kappa shape index (κ3) is 2.14. The van der Waals surface area contributed by atoms with Crippen LogP contribution < -0.4 is 15.8 Å². The molecule has 86 valence electrons. The molecule has 1 amide bonds. The van der Waals surface area contributed by atoms with Crippen LogP contribution in [-0.2, 0) is 4.79 Å². The molecular formula is C11H13FN2O2. The van der Waals surface area contributed by atoms with E-state index in [9.17, 15) is 9.18 Å². The zero-order chi connectivity index (χ0) is 11.8. The number of anilines is 1. The number of hydrogen-bond donors (Lipinski definition) is 2. The van der Waals surface area contributed by atoms with Gasteiger partial charge in [-0.1, -0.05) is 0 Å². The lowest BCUT2D eigenvalue weighted by atomic mass is 10.2. The summed E-state index contributed by atoms with van der Waals surface area (Å²) in [7, 11) is 1.44. The molecule has 1 aromatic carbocycles. The predicted molar refractivity (Wildman–Crippen MR) is 57.7 cm³/mol. The summed E-state index contributed by atoms with van der Waals surface area (Å²) in [6.45, 7) is 0. The first-order valence-electron chi connectivity index (χ1n) is 4.98. The maximum atomic E-state index is 13.1. The Morgan fingerprint density at radius 2 is 2.19 bits per heavy atom. The van der Waals surface area contributed by atoms with E-state index in [0.717, 1.165) is 0 Å². The van der Waals surface area contributed by atoms with Crippen LogP contribution >= 0.6 is 0 Å². The van der Waals surface area contributed by atoms with Gasteiger partial charge in [-0.05, 0) is 18.9 Å². The number of benzene rings is 1. The van der Waals surface area contributed by atoms with Crippen LogP contribution in [0.2, 0.25) is 0 Å². The Hall–Kier alpha value is -1.62. The van der Waals surface area contributed by atoms with Crippen LogP contribution in [0, 0.1) is 5.82 Å². The highest BCUT2D eigenvalue weighted by Crippen LogP contribution is 2.33. The number of hydrogen-bond acceptors (Lipinski definition) is 3. The van der Waals surface area contributed by atoms with Gasteiger partial charge in [-0.2, -0.15) is 0 Å². The maximum Gasteiger partial charge on any atom is 0.244 e. The van der Waals surface area contributed by atoms with E-state index in [-0.39, 0.29) is 5.91 Å². The maximum absolute atomic E-state index is 13.1. The Kier molecular flexibility index (Phi) is 2.55. The monoisotopic (exact) mass is 224 g/mol. The molecule has 0 radical (unpaired) electrons. The van der Waals surface area contributed by atoms with Gasteiger partial charge >= 0.3 is 0 Å². The van der Waals surface area contributed by atoms with Crippen molar-refractivity contribution in [3.05, 3.63) is 24.0 Å². The second-order valence-electron chi connectivity index (χ2n) is 3.99. The number of rotatable bonds is 3. The normalized spacial score (nSPS) is 16.7. The minimum Gasteiger partial charge on any atom is -0.497 e. The smallest absolute Gasteiger partial charge is 0.244 e. The van der Waals surface area contributed by atoms with E-state index in [1.807, 2.05) is 0 Å². The molecular weight excluding hydrogens is 211 g/mol. The molecule has 0 bridgehead atoms. The molecule has 1 saturated carbocycles. The van der Waals surface area contributed by atoms with E-state index < -0.39 is 11.4 Å². The molecule has 1 aliphatic rings. The molecule has 5 heteroatoms. The largest absolute Gasteiger partial charge is 0.497 e. The molecule has 1 aliphatic carbocycles. The van der Waals surface area contributed by atoms with Crippen molar-refractivity contribution < 1.29 is 13.9 Å². The number of halogens is 1. The van der Waals surface area contributed by atoms with Gasteiger partial charge in [-0.3, -0.25) is 4.79 Å². The summed E-state index contributed by atoms with van der Waals surface area (Å²) in [5, 5.41) is 2.58. The number of ether oxygens (including phenoxy) is 1. The van der Waals surface area contributed by atoms with Crippen molar-refractivity contribution >= 4 is 11.6 Å². The van der Waals surface area contributed by atoms with Gasteiger partial charge in [0.1, 0.15) is 11.6 Å². The van der Waals surface area contributed by atoms with Crippen LogP contribution in [0.4, 0.5) is 10.1 Å². The zero-order valence-corrected chi connectivity index (χ0v) is 8.92. The van der Waals surface area contributed by atoms with E-state index in [0.29, 0.717) is 24.3 Å². The van der Waals surface area contributed by atoms with Crippen LogP contribution in [0.3, 0.4) is 0 Å². The van der Waals surface area contributed by atoms with Gasteiger partial charge in [0.15, 0.2) is 0 Å². The fourth-order valence-electron chi connectivity index (χ4n) is 1.37. The molecule has 0 unspecified atom stereocenters. The zero-order valence-electron chi connectivity index (χ0n) is 8.92. The quantitative estimate of drug-likeness (QED) is 0.812. The summed E-state index contributed by atoms with van der Waals surface area (Å²) < 4.78 is 18.0. The minimum absolute atomic E-state index is 0.278. The third-order valence-corrected chi connectivity index (χ3v) is 2.61. The average Bonchev–Trinajstić information content (AvgIpc) is 2.97. The summed E-state index contributed by atoms with van der Waals surface area (Å²) in [5.74, 6) is -0.381. The number of methoxy groups -OCH3 is 1. The first kappa shape index (κ1) is 10.9. The van der Waals surface area contributed by atoms with E-state index in [4.69, 9.17) is 10.5 Å². The number of amides is 1. The van der Waals surface area contributed by atoms with E-state index in [1.54, 1.807) is 6.07 Å². The molecule has 2 rings (SSSR count). The van der Waals surface area contributed by atoms with Gasteiger partial charge in [0.25, 0.3) is 0 Å². The number of nitrogens with one attached hydrogen (secondary N) is 1. The Morgan fingerprint density at radius 1 is 1.50 bits per heavy atom. The first-order chi connectivity index (χ1) is 7.53. The lowest BCUT2D eigenvalue weighted by Crippen LogP contribution is -2.37. The van der Waals surface area contributed by atoms with Gasteiger partial charge < -0.3 is 15.8 Å². The number of nitrogens with two attached hydrogens (primary N) is 1. The summed E-state index contributed by atoms with van der Waals surface area (Å²) in [4.78, 5) is 11.6. The second-order valence-corrected chi connectivity index (χ2v) is 3.99. The van der Waals surface area contributed by atoms with Gasteiger partial charge in [-0.25, -0.2) is 4.39 Å². The SMILES string of the molecule is COc1cc(F)cc(NC(=O)C2(N)CC2)c1. The highest BCUT2D eigenvalue weighted by atomic mass is 19.1. The lowest BCUT2D eigenvalue weighted by Gasteiger charge is -2.11. The van der Waals surface area contributed by atoms with Crippen molar-refractivity contribution in [2.45, 2.75) is 18.4 Å². The fourth-order valence-corrected chi connectivity index (χ4v) is 1.37. The summed E-state index contributed by atoms with van der Waals surface area (Å²) in [6, 6.07) is 4.02. The van der Waals surface area contributed by atoms with E-state index >= 15 is 0 Å². The molecule has 0 aromatic heterocycles. The van der Waals surface area contributed by atoms with Crippen LogP contribution in [-0.4, -0.2) is 18.6 Å². The molecule has 3 N–H and O–H groups in total. The third-order valence-electron chi connectivity index (χ3n) is 2.61. The van der Waals surface area contributed by atoms with Crippen molar-refractivity contribution in [2.24, 2.45) is 5.73 Å². The Balaban J connectivity index is 2.14. The molecule has 1 fully saturated rings. The van der Waals surface area contributed by atoms with Gasteiger partial charge in [-0.15, -0.1) is 0 Å². The fraction of sp³-hybridized carbons (Fsp3) is 0.364. The Labute approximate surface area is 92.6 Å². The molecule has 0 spiro atoms. The topological polar surface area (TPSA) is 64.3 Å². The molecule has 0 atom stereocenters. The van der Waals surface area contributed by atoms with E-state index in [2.05, 4.69) is 5.32 Å². The second kappa shape index (κ2) is 3.75. The lowest BCUT2D eigenvalue weighted by molar-refractivity contribution is -0.118. The average molecular weight is 224 g/mol. The van der Waals surface area contributed by atoms with Crippen LogP contribution in [0.25, 0.3) is 0 Å². The summed E-state index contributed by atoms with van der Waals surface area (Å²) in [5.41, 5.74) is 5.30. The molecule has 1 aromatic rings. The van der Waals surface area contributed by atoms with Crippen molar-refractivity contribution in [1.82, 2.24) is 0 Å². The summed E-state index contributed by atoms with van der Waals surface area (Å²) >= 11 is 0. The summed E-state index contributed by atoms with van der Waals surface area (Å²) in [6.07, 6.45) is 1.34. The van der Waals surface area contributed by atoms with E-state index in [1.165, 1.54) is 19.2 Å². The molecule has 16 heavy (non-hydrogen) atoms. The molecule has 0 heterocycles. The van der Waals surface area contributed by atoms with Crippen LogP contribution in [0.5, 0.6) is 5.75 Å². The molecule has 0 aliphatic heterocycles. The number of carbonyl (C=O) groups is 1. The van der Waals surface area contributed by atoms with Crippen molar-refractivity contribution in [3.63, 3.8) is 0 Å². The van der Waals surface area contributed by atoms with Gasteiger partial charge in [0.05, 0.1) is 12.6 Å². The first-order valence-corrected chi connectivity index (χ1v) is 4.98. The van der Waals surface area contributed by atoms with Gasteiger partial charge in [0, 0.05) is 17.8 Å². The van der Waals surface area contributed by atoms with Crippen molar-refractivity contribution in [2.75, 3.05) is 12.4 Å².